The molecule has 2 aliphatic rings. The first-order chi connectivity index (χ1) is 5.31. The normalized spacial score (nSPS) is 37.0. The van der Waals surface area contributed by atoms with Crippen LogP contribution in [-0.2, 0) is 0 Å². The summed E-state index contributed by atoms with van der Waals surface area (Å²) in [6.45, 7) is 3.65. The molecule has 0 bridgehead atoms. The van der Waals surface area contributed by atoms with Crippen molar-refractivity contribution in [1.29, 1.82) is 0 Å². The van der Waals surface area contributed by atoms with Gasteiger partial charge in [0, 0.05) is 25.6 Å². The molecular weight excluding hydrogens is 136 g/mol. The van der Waals surface area contributed by atoms with Crippen molar-refractivity contribution in [2.75, 3.05) is 26.7 Å². The lowest BCUT2D eigenvalue weighted by molar-refractivity contribution is 0.218. The minimum absolute atomic E-state index is 0.573. The van der Waals surface area contributed by atoms with Crippen molar-refractivity contribution in [3.8, 4) is 0 Å². The second-order valence-electron chi connectivity index (χ2n) is 3.93. The second kappa shape index (κ2) is 2.52. The van der Waals surface area contributed by atoms with Crippen molar-refractivity contribution in [3.63, 3.8) is 0 Å². The van der Waals surface area contributed by atoms with Crippen molar-refractivity contribution in [2.24, 2.45) is 5.41 Å². The van der Waals surface area contributed by atoms with Gasteiger partial charge < -0.3 is 10.2 Å². The van der Waals surface area contributed by atoms with Crippen LogP contribution in [0.15, 0.2) is 12.3 Å². The molecule has 0 aromatic rings. The summed E-state index contributed by atoms with van der Waals surface area (Å²) < 4.78 is 0. The maximum Gasteiger partial charge on any atom is 0.0241 e. The second-order valence-corrected chi connectivity index (χ2v) is 3.93. The standard InChI is InChI=1S/C9H16N2/c1-11-6-2-3-9(8-11)4-5-10-7-9/h2,6,10H,3-5,7-8H2,1H3. The van der Waals surface area contributed by atoms with E-state index in [9.17, 15) is 0 Å². The van der Waals surface area contributed by atoms with E-state index in [1.807, 2.05) is 0 Å². The smallest absolute Gasteiger partial charge is 0.0241 e. The molecule has 1 spiro atoms. The number of hydrogen-bond acceptors (Lipinski definition) is 2. The van der Waals surface area contributed by atoms with Crippen molar-refractivity contribution in [3.05, 3.63) is 12.3 Å². The first-order valence-corrected chi connectivity index (χ1v) is 4.38. The van der Waals surface area contributed by atoms with Crippen LogP contribution in [0, 0.1) is 5.41 Å². The highest BCUT2D eigenvalue weighted by molar-refractivity contribution is 5.01. The summed E-state index contributed by atoms with van der Waals surface area (Å²) in [5.74, 6) is 0. The third-order valence-corrected chi connectivity index (χ3v) is 2.83. The first-order valence-electron chi connectivity index (χ1n) is 4.38. The fourth-order valence-corrected chi connectivity index (χ4v) is 2.23. The van der Waals surface area contributed by atoms with Crippen molar-refractivity contribution in [1.82, 2.24) is 10.2 Å². The van der Waals surface area contributed by atoms with Gasteiger partial charge in [-0.1, -0.05) is 6.08 Å². The molecule has 2 heterocycles. The molecule has 0 aliphatic carbocycles. The van der Waals surface area contributed by atoms with Gasteiger partial charge in [0.1, 0.15) is 0 Å². The average molecular weight is 152 g/mol. The van der Waals surface area contributed by atoms with E-state index in [0.29, 0.717) is 5.41 Å². The van der Waals surface area contributed by atoms with Crippen molar-refractivity contribution < 1.29 is 0 Å². The van der Waals surface area contributed by atoms with Crippen molar-refractivity contribution >= 4 is 0 Å². The van der Waals surface area contributed by atoms with Crippen LogP contribution in [0.3, 0.4) is 0 Å². The van der Waals surface area contributed by atoms with Gasteiger partial charge in [0.15, 0.2) is 0 Å². The zero-order chi connectivity index (χ0) is 7.73. The zero-order valence-electron chi connectivity index (χ0n) is 7.14. The lowest BCUT2D eigenvalue weighted by Gasteiger charge is -2.35. The van der Waals surface area contributed by atoms with Crippen LogP contribution in [0.4, 0.5) is 0 Å². The van der Waals surface area contributed by atoms with Crippen molar-refractivity contribution in [2.45, 2.75) is 12.8 Å². The van der Waals surface area contributed by atoms with Crippen LogP contribution in [0.1, 0.15) is 12.8 Å². The molecule has 1 unspecified atom stereocenters. The molecule has 2 nitrogen and oxygen atoms in total. The molecular formula is C9H16N2. The first kappa shape index (κ1) is 7.17. The summed E-state index contributed by atoms with van der Waals surface area (Å²) >= 11 is 0. The molecule has 1 N–H and O–H groups in total. The average Bonchev–Trinajstić information content (AvgIpc) is 2.37. The molecule has 1 saturated heterocycles. The maximum absolute atomic E-state index is 3.44. The topological polar surface area (TPSA) is 15.3 Å². The van der Waals surface area contributed by atoms with E-state index in [4.69, 9.17) is 0 Å². The Morgan fingerprint density at radius 2 is 2.45 bits per heavy atom. The Morgan fingerprint density at radius 3 is 3.09 bits per heavy atom. The summed E-state index contributed by atoms with van der Waals surface area (Å²) in [5.41, 5.74) is 0.573. The zero-order valence-corrected chi connectivity index (χ0v) is 7.14. The van der Waals surface area contributed by atoms with Crippen LogP contribution in [0.25, 0.3) is 0 Å². The Balaban J connectivity index is 2.09. The third-order valence-electron chi connectivity index (χ3n) is 2.83. The van der Waals surface area contributed by atoms with Crippen LogP contribution in [0.5, 0.6) is 0 Å². The maximum atomic E-state index is 3.44. The number of allylic oxidation sites excluding steroid dienone is 1. The largest absolute Gasteiger partial charge is 0.380 e. The highest BCUT2D eigenvalue weighted by Crippen LogP contribution is 2.33. The molecule has 1 fully saturated rings. The summed E-state index contributed by atoms with van der Waals surface area (Å²) in [6, 6.07) is 0. The summed E-state index contributed by atoms with van der Waals surface area (Å²) in [4.78, 5) is 2.30. The van der Waals surface area contributed by atoms with Gasteiger partial charge in [-0.3, -0.25) is 0 Å². The van der Waals surface area contributed by atoms with E-state index in [1.54, 1.807) is 0 Å². The van der Waals surface area contributed by atoms with Gasteiger partial charge in [0.25, 0.3) is 0 Å². The van der Waals surface area contributed by atoms with Gasteiger partial charge in [-0.15, -0.1) is 0 Å². The number of nitrogens with one attached hydrogen (secondary N) is 1. The monoisotopic (exact) mass is 152 g/mol. The molecule has 0 radical (unpaired) electrons. The van der Waals surface area contributed by atoms with Gasteiger partial charge in [-0.25, -0.2) is 0 Å². The molecule has 0 aromatic carbocycles. The van der Waals surface area contributed by atoms with Gasteiger partial charge in [0.2, 0.25) is 0 Å². The van der Waals surface area contributed by atoms with E-state index >= 15 is 0 Å². The quantitative estimate of drug-likeness (QED) is 0.552. The van der Waals surface area contributed by atoms with Gasteiger partial charge in [-0.05, 0) is 25.6 Å². The molecule has 0 saturated carbocycles. The fraction of sp³-hybridized carbons (Fsp3) is 0.778. The molecule has 1 atom stereocenters. The number of nitrogens with zero attached hydrogens (tertiary/aromatic N) is 1. The van der Waals surface area contributed by atoms with E-state index < -0.39 is 0 Å². The van der Waals surface area contributed by atoms with Gasteiger partial charge >= 0.3 is 0 Å². The minimum Gasteiger partial charge on any atom is -0.380 e. The van der Waals surface area contributed by atoms with Gasteiger partial charge in [0.05, 0.1) is 0 Å². The summed E-state index contributed by atoms with van der Waals surface area (Å²) in [5, 5.41) is 3.44. The summed E-state index contributed by atoms with van der Waals surface area (Å²) in [7, 11) is 2.16. The summed E-state index contributed by atoms with van der Waals surface area (Å²) in [6.07, 6.45) is 7.12. The Bertz CT molecular complexity index is 168. The number of hydrogen-bond donors (Lipinski definition) is 1. The molecule has 2 aliphatic heterocycles. The van der Waals surface area contributed by atoms with Crippen LogP contribution < -0.4 is 5.32 Å². The predicted molar refractivity (Wildman–Crippen MR) is 46.3 cm³/mol. The lowest BCUT2D eigenvalue weighted by atomic mass is 9.81. The number of rotatable bonds is 0. The molecule has 2 rings (SSSR count). The molecule has 0 amide bonds. The third kappa shape index (κ3) is 1.27. The highest BCUT2D eigenvalue weighted by atomic mass is 15.1. The molecule has 11 heavy (non-hydrogen) atoms. The SMILES string of the molecule is CN1C=CCC2(CCNC2)C1. The Kier molecular flexibility index (Phi) is 1.64. The minimum atomic E-state index is 0.573. The lowest BCUT2D eigenvalue weighted by Crippen LogP contribution is -2.37. The predicted octanol–water partition coefficient (Wildman–Crippen LogP) is 0.815. The molecule has 0 aromatic heterocycles. The van der Waals surface area contributed by atoms with E-state index in [-0.39, 0.29) is 0 Å². The fourth-order valence-electron chi connectivity index (χ4n) is 2.23. The highest BCUT2D eigenvalue weighted by Gasteiger charge is 2.34. The Hall–Kier alpha value is -0.500. The van der Waals surface area contributed by atoms with E-state index in [0.717, 1.165) is 0 Å². The van der Waals surface area contributed by atoms with E-state index in [1.165, 1.54) is 32.5 Å². The van der Waals surface area contributed by atoms with E-state index in [2.05, 4.69) is 29.5 Å². The molecule has 2 heteroatoms. The Morgan fingerprint density at radius 1 is 1.55 bits per heavy atom. The van der Waals surface area contributed by atoms with Crippen LogP contribution in [-0.4, -0.2) is 31.6 Å². The van der Waals surface area contributed by atoms with Crippen LogP contribution >= 0.6 is 0 Å². The Labute approximate surface area is 68.3 Å². The van der Waals surface area contributed by atoms with Crippen LogP contribution in [0.2, 0.25) is 0 Å². The van der Waals surface area contributed by atoms with Gasteiger partial charge in [-0.2, -0.15) is 0 Å². The molecule has 62 valence electrons.